The molecule has 2 atom stereocenters. The Hall–Kier alpha value is -7.68. The first-order chi connectivity index (χ1) is 38.8. The molecule has 2 unspecified atom stereocenters. The molecule has 82 heavy (non-hydrogen) atoms. The molecule has 0 aliphatic carbocycles. The fraction of sp³-hybridized carbons (Fsp3) is 0.541. The van der Waals surface area contributed by atoms with E-state index in [1.165, 1.54) is 0 Å². The van der Waals surface area contributed by atoms with Gasteiger partial charge in [0.2, 0.25) is 35.4 Å². The molecule has 21 heteroatoms. The van der Waals surface area contributed by atoms with E-state index in [-0.39, 0.29) is 92.9 Å². The van der Waals surface area contributed by atoms with Crippen molar-refractivity contribution in [1.29, 1.82) is 0 Å². The van der Waals surface area contributed by atoms with E-state index in [0.717, 1.165) is 52.2 Å². The molecule has 4 aromatic rings. The normalized spacial score (nSPS) is 12.6. The van der Waals surface area contributed by atoms with Gasteiger partial charge in [-0.15, -0.1) is 5.10 Å². The molecule has 3 aromatic carbocycles. The number of amides is 8. The molecule has 0 bridgehead atoms. The summed E-state index contributed by atoms with van der Waals surface area (Å²) in [5.41, 5.74) is 9.78. The SMILES string of the molecule is CCC(C)n1nnc2c1-c1ccccc1CN(C(=O)CCNC(=O)C(C)(C)CCOC(C)(C)CCN(C)C(=O)CCCC(=O)NC(C(=O)NCC(=O)Nc1ccc(COC(=O)C(C)C)cc1)C(C)C)c1ccccc1-2.CCCNC(N)=O. The maximum atomic E-state index is 14.1. The number of ether oxygens (including phenoxy) is 2. The highest BCUT2D eigenvalue weighted by Gasteiger charge is 2.32. The van der Waals surface area contributed by atoms with Crippen molar-refractivity contribution < 1.29 is 47.8 Å². The Labute approximate surface area is 483 Å². The number of rotatable bonds is 28. The molecule has 0 saturated carbocycles. The number of carbonyl (C=O) groups is 8. The fourth-order valence-corrected chi connectivity index (χ4v) is 8.58. The minimum atomic E-state index is -0.886. The molecule has 0 saturated heterocycles. The predicted octanol–water partition coefficient (Wildman–Crippen LogP) is 7.83. The first-order valence-corrected chi connectivity index (χ1v) is 28.5. The van der Waals surface area contributed by atoms with Crippen LogP contribution in [-0.2, 0) is 56.2 Å². The number of hydrogen-bond donors (Lipinski definition) is 6. The number of nitrogens with zero attached hydrogens (tertiary/aromatic N) is 5. The summed E-state index contributed by atoms with van der Waals surface area (Å²) in [6.45, 7) is 22.6. The van der Waals surface area contributed by atoms with Gasteiger partial charge in [0.15, 0.2) is 0 Å². The molecule has 21 nitrogen and oxygen atoms in total. The third kappa shape index (κ3) is 20.7. The van der Waals surface area contributed by atoms with Gasteiger partial charge in [0.25, 0.3) is 0 Å². The predicted molar refractivity (Wildman–Crippen MR) is 317 cm³/mol. The third-order valence-electron chi connectivity index (χ3n) is 14.1. The van der Waals surface area contributed by atoms with Crippen LogP contribution in [0.5, 0.6) is 0 Å². The smallest absolute Gasteiger partial charge is 0.312 e. The van der Waals surface area contributed by atoms with Crippen LogP contribution in [0.4, 0.5) is 16.2 Å². The Morgan fingerprint density at radius 3 is 2.09 bits per heavy atom. The van der Waals surface area contributed by atoms with Crippen molar-refractivity contribution in [1.82, 2.24) is 41.2 Å². The van der Waals surface area contributed by atoms with Gasteiger partial charge in [-0.1, -0.05) is 115 Å². The summed E-state index contributed by atoms with van der Waals surface area (Å²) in [5.74, 6) is -2.60. The largest absolute Gasteiger partial charge is 0.461 e. The Bertz CT molecular complexity index is 2790. The first kappa shape index (κ1) is 66.8. The third-order valence-corrected chi connectivity index (χ3v) is 14.1. The van der Waals surface area contributed by atoms with Gasteiger partial charge >= 0.3 is 12.0 Å². The summed E-state index contributed by atoms with van der Waals surface area (Å²) in [6.07, 6.45) is 3.30. The van der Waals surface area contributed by atoms with Gasteiger partial charge < -0.3 is 51.6 Å². The number of nitrogens with one attached hydrogen (secondary N) is 5. The van der Waals surface area contributed by atoms with E-state index >= 15 is 0 Å². The van der Waals surface area contributed by atoms with E-state index in [9.17, 15) is 38.4 Å². The molecule has 2 heterocycles. The monoisotopic (exact) mass is 1140 g/mol. The standard InChI is InChI=1S/C57H79N9O9.C4H10N2O/c1-12-39(6)66-52-43-19-14-13-18-41(43)35-65(45-21-16-15-20-44(45)51(52)62-63-66)49(70)28-31-58-55(73)56(7,8)30-33-75-57(9,10)29-32-64(11)48(69)23-17-22-46(67)61-50(37(2)3)53(71)59-34-47(68)60-42-26-24-40(25-27-42)36-74-54(72)38(4)5;1-2-3-6-4(5)7/h13-16,18-21,24-27,37-39,50H,12,17,22-23,28-36H2,1-11H3,(H,58,73)(H,59,71)(H,60,68)(H,61,67);2-3H2,1H3,(H3,5,6,7). The number of hydrogen-bond acceptors (Lipinski definition) is 12. The van der Waals surface area contributed by atoms with Crippen LogP contribution in [0.15, 0.2) is 72.8 Å². The van der Waals surface area contributed by atoms with Gasteiger partial charge in [-0.25, -0.2) is 9.48 Å². The van der Waals surface area contributed by atoms with Crippen LogP contribution < -0.4 is 37.2 Å². The van der Waals surface area contributed by atoms with Crippen molar-refractivity contribution in [2.45, 2.75) is 158 Å². The van der Waals surface area contributed by atoms with Gasteiger partial charge in [-0.2, -0.15) is 0 Å². The molecule has 5 rings (SSSR count). The Balaban J connectivity index is 0.00000193. The van der Waals surface area contributed by atoms with Crippen molar-refractivity contribution in [2.24, 2.45) is 23.0 Å². The number of urea groups is 1. The molecule has 0 radical (unpaired) electrons. The lowest BCUT2D eigenvalue weighted by Gasteiger charge is -2.31. The van der Waals surface area contributed by atoms with Crippen LogP contribution in [0.3, 0.4) is 0 Å². The van der Waals surface area contributed by atoms with Crippen molar-refractivity contribution in [2.75, 3.05) is 50.1 Å². The summed E-state index contributed by atoms with van der Waals surface area (Å²) in [5, 5.41) is 22.7. The number of carbonyl (C=O) groups excluding carboxylic acids is 8. The summed E-state index contributed by atoms with van der Waals surface area (Å²) >= 11 is 0. The molecule has 0 spiro atoms. The Morgan fingerprint density at radius 2 is 1.45 bits per heavy atom. The summed E-state index contributed by atoms with van der Waals surface area (Å²) < 4.78 is 13.5. The van der Waals surface area contributed by atoms with Crippen molar-refractivity contribution in [3.05, 3.63) is 83.9 Å². The average Bonchev–Trinajstić information content (AvgIpc) is 4.10. The van der Waals surface area contributed by atoms with Crippen molar-refractivity contribution in [3.8, 4) is 22.5 Å². The quantitative estimate of drug-likeness (QED) is 0.0297. The van der Waals surface area contributed by atoms with E-state index < -0.39 is 34.9 Å². The lowest BCUT2D eigenvalue weighted by atomic mass is 9.88. The van der Waals surface area contributed by atoms with Gasteiger partial charge in [-0.3, -0.25) is 33.6 Å². The van der Waals surface area contributed by atoms with Crippen LogP contribution in [0.25, 0.3) is 22.5 Å². The second-order valence-electron chi connectivity index (χ2n) is 22.6. The van der Waals surface area contributed by atoms with Gasteiger partial charge in [0.05, 0.1) is 42.0 Å². The summed E-state index contributed by atoms with van der Waals surface area (Å²) in [7, 11) is 1.70. The van der Waals surface area contributed by atoms with Gasteiger partial charge in [0.1, 0.15) is 18.3 Å². The molecule has 0 fully saturated rings. The zero-order chi connectivity index (χ0) is 60.7. The topological polar surface area (TPSA) is 278 Å². The highest BCUT2D eigenvalue weighted by molar-refractivity contribution is 6.00. The number of nitrogens with two attached hydrogens (primary N) is 1. The molecule has 1 aromatic heterocycles. The molecule has 1 aliphatic rings. The Kier molecular flexibility index (Phi) is 26.2. The minimum Gasteiger partial charge on any atom is -0.461 e. The fourth-order valence-electron chi connectivity index (χ4n) is 8.58. The number of primary amides is 1. The van der Waals surface area contributed by atoms with Crippen molar-refractivity contribution in [3.63, 3.8) is 0 Å². The maximum absolute atomic E-state index is 14.1. The van der Waals surface area contributed by atoms with Gasteiger partial charge in [0, 0.05) is 74.8 Å². The minimum absolute atomic E-state index is 0.0323. The van der Waals surface area contributed by atoms with Crippen LogP contribution >= 0.6 is 0 Å². The van der Waals surface area contributed by atoms with E-state index in [0.29, 0.717) is 44.8 Å². The number of esters is 1. The van der Waals surface area contributed by atoms with Crippen LogP contribution in [0.1, 0.15) is 145 Å². The van der Waals surface area contributed by atoms with Crippen molar-refractivity contribution >= 4 is 58.8 Å². The number of fused-ring (bicyclic) bond motifs is 5. The van der Waals surface area contributed by atoms with E-state index in [2.05, 4.69) is 56.8 Å². The number of benzene rings is 3. The lowest BCUT2D eigenvalue weighted by molar-refractivity contribution is -0.148. The second kappa shape index (κ2) is 32.1. The number of anilines is 2. The van der Waals surface area contributed by atoms with Crippen LogP contribution in [0.2, 0.25) is 0 Å². The molecule has 448 valence electrons. The second-order valence-corrected chi connectivity index (χ2v) is 22.6. The van der Waals surface area contributed by atoms with Gasteiger partial charge in [-0.05, 0) is 88.1 Å². The Morgan fingerprint density at radius 1 is 0.780 bits per heavy atom. The van der Waals surface area contributed by atoms with E-state index in [1.807, 2.05) is 81.8 Å². The lowest BCUT2D eigenvalue weighted by Crippen LogP contribution is -2.51. The number of para-hydroxylation sites is 1. The summed E-state index contributed by atoms with van der Waals surface area (Å²) in [6, 6.07) is 21.4. The molecular weight excluding hydrogens is 1050 g/mol. The molecule has 7 N–H and O–H groups in total. The highest BCUT2D eigenvalue weighted by Crippen LogP contribution is 2.42. The van der Waals surface area contributed by atoms with E-state index in [1.54, 1.807) is 68.8 Å². The van der Waals surface area contributed by atoms with Crippen LogP contribution in [-0.4, -0.2) is 119 Å². The maximum Gasteiger partial charge on any atom is 0.312 e. The van der Waals surface area contributed by atoms with Crippen LogP contribution in [0, 0.1) is 17.3 Å². The molecule has 1 aliphatic heterocycles. The highest BCUT2D eigenvalue weighted by atomic mass is 16.5. The molecule has 8 amide bonds. The first-order valence-electron chi connectivity index (χ1n) is 28.5. The zero-order valence-electron chi connectivity index (χ0n) is 50.2. The van der Waals surface area contributed by atoms with E-state index in [4.69, 9.17) is 15.2 Å². The zero-order valence-corrected chi connectivity index (χ0v) is 50.2. The average molecular weight is 1140 g/mol. The number of aromatic nitrogens is 3. The summed E-state index contributed by atoms with van der Waals surface area (Å²) in [4.78, 5) is 104. The molecular formula is C61H89N11O10.